The van der Waals surface area contributed by atoms with Crippen LogP contribution in [0.4, 0.5) is 13.2 Å². The van der Waals surface area contributed by atoms with Crippen LogP contribution in [-0.2, 0) is 6.18 Å². The highest BCUT2D eigenvalue weighted by Crippen LogP contribution is 2.30. The zero-order chi connectivity index (χ0) is 13.3. The summed E-state index contributed by atoms with van der Waals surface area (Å²) in [6, 6.07) is 6.03. The number of hydrogen-bond donors (Lipinski definition) is 0. The minimum atomic E-state index is -4.41. The Bertz CT molecular complexity index is 577. The van der Waals surface area contributed by atoms with Gasteiger partial charge in [-0.3, -0.25) is 4.98 Å². The lowest BCUT2D eigenvalue weighted by molar-refractivity contribution is -0.141. The Hall–Kier alpha value is -1.91. The summed E-state index contributed by atoms with van der Waals surface area (Å²) >= 11 is 0. The quantitative estimate of drug-likeness (QED) is 0.771. The number of hydrogen-bond acceptors (Lipinski definition) is 2. The summed E-state index contributed by atoms with van der Waals surface area (Å²) in [6.45, 7) is 3.45. The Morgan fingerprint density at radius 1 is 1.06 bits per heavy atom. The number of alkyl halides is 3. The minimum absolute atomic E-state index is 0.322. The Morgan fingerprint density at radius 3 is 2.33 bits per heavy atom. The molecule has 94 valence electrons. The summed E-state index contributed by atoms with van der Waals surface area (Å²) in [7, 11) is 0. The highest BCUT2D eigenvalue weighted by molar-refractivity contribution is 5.62. The monoisotopic (exact) mass is 252 g/mol. The normalized spacial score (nSPS) is 11.6. The molecule has 2 heterocycles. The predicted octanol–water partition coefficient (Wildman–Crippen LogP) is 3.78. The van der Waals surface area contributed by atoms with Gasteiger partial charge in [-0.05, 0) is 43.7 Å². The van der Waals surface area contributed by atoms with Gasteiger partial charge in [-0.1, -0.05) is 0 Å². The van der Waals surface area contributed by atoms with E-state index in [4.69, 9.17) is 0 Å². The fourth-order valence-electron chi connectivity index (χ4n) is 1.67. The molecule has 18 heavy (non-hydrogen) atoms. The van der Waals surface area contributed by atoms with Crippen LogP contribution in [0.15, 0.2) is 30.5 Å². The van der Waals surface area contributed by atoms with Crippen molar-refractivity contribution >= 4 is 0 Å². The van der Waals surface area contributed by atoms with E-state index >= 15 is 0 Å². The molecule has 2 nitrogen and oxygen atoms in total. The van der Waals surface area contributed by atoms with E-state index in [1.54, 1.807) is 13.1 Å². The zero-order valence-corrected chi connectivity index (χ0v) is 9.92. The zero-order valence-electron chi connectivity index (χ0n) is 9.92. The molecule has 0 N–H and O–H groups in total. The van der Waals surface area contributed by atoms with E-state index in [0.717, 1.165) is 11.6 Å². The van der Waals surface area contributed by atoms with E-state index < -0.39 is 11.9 Å². The van der Waals surface area contributed by atoms with Gasteiger partial charge in [-0.25, -0.2) is 4.98 Å². The van der Waals surface area contributed by atoms with Crippen LogP contribution in [0.5, 0.6) is 0 Å². The Balaban J connectivity index is 2.48. The molecule has 2 rings (SSSR count). The van der Waals surface area contributed by atoms with Crippen LogP contribution in [-0.4, -0.2) is 9.97 Å². The molecule has 0 bridgehead atoms. The molecule has 0 atom stereocenters. The Labute approximate surface area is 103 Å². The van der Waals surface area contributed by atoms with Gasteiger partial charge >= 0.3 is 6.18 Å². The van der Waals surface area contributed by atoms with Gasteiger partial charge in [0.2, 0.25) is 0 Å². The van der Waals surface area contributed by atoms with Gasteiger partial charge in [0.15, 0.2) is 0 Å². The minimum Gasteiger partial charge on any atom is -0.256 e. The number of pyridine rings is 2. The molecule has 0 aliphatic rings. The molecule has 0 saturated carbocycles. The number of aryl methyl sites for hydroxylation is 2. The van der Waals surface area contributed by atoms with Crippen LogP contribution in [0.2, 0.25) is 0 Å². The van der Waals surface area contributed by atoms with Gasteiger partial charge < -0.3 is 0 Å². The van der Waals surface area contributed by atoms with Crippen LogP contribution in [0.3, 0.4) is 0 Å². The van der Waals surface area contributed by atoms with E-state index in [0.29, 0.717) is 17.0 Å². The van der Waals surface area contributed by atoms with E-state index in [2.05, 4.69) is 9.97 Å². The van der Waals surface area contributed by atoms with Crippen molar-refractivity contribution in [3.05, 3.63) is 47.4 Å². The molecule has 0 amide bonds. The Morgan fingerprint density at radius 2 is 1.78 bits per heavy atom. The first-order chi connectivity index (χ1) is 8.38. The molecular formula is C13H11F3N2. The molecule has 0 fully saturated rings. The smallest absolute Gasteiger partial charge is 0.256 e. The largest absolute Gasteiger partial charge is 0.433 e. The maximum absolute atomic E-state index is 12.5. The molecule has 0 aromatic carbocycles. The van der Waals surface area contributed by atoms with Gasteiger partial charge in [0.05, 0.1) is 5.69 Å². The second-order valence-corrected chi connectivity index (χ2v) is 4.05. The first-order valence-corrected chi connectivity index (χ1v) is 5.36. The summed E-state index contributed by atoms with van der Waals surface area (Å²) in [5.41, 5.74) is 1.69. The maximum atomic E-state index is 12.5. The first kappa shape index (κ1) is 12.5. The van der Waals surface area contributed by atoms with Gasteiger partial charge in [0.25, 0.3) is 0 Å². The van der Waals surface area contributed by atoms with Gasteiger partial charge in [-0.15, -0.1) is 0 Å². The van der Waals surface area contributed by atoms with Crippen LogP contribution < -0.4 is 0 Å². The predicted molar refractivity (Wildman–Crippen MR) is 61.9 cm³/mol. The van der Waals surface area contributed by atoms with E-state index in [9.17, 15) is 13.2 Å². The summed E-state index contributed by atoms with van der Waals surface area (Å²) in [4.78, 5) is 7.73. The highest BCUT2D eigenvalue weighted by atomic mass is 19.4. The fraction of sp³-hybridized carbons (Fsp3) is 0.231. The number of nitrogens with zero attached hydrogens (tertiary/aromatic N) is 2. The van der Waals surface area contributed by atoms with Crippen molar-refractivity contribution in [1.29, 1.82) is 0 Å². The Kier molecular flexibility index (Phi) is 3.07. The van der Waals surface area contributed by atoms with Crippen LogP contribution in [0.1, 0.15) is 17.0 Å². The highest BCUT2D eigenvalue weighted by Gasteiger charge is 2.32. The molecule has 0 saturated heterocycles. The van der Waals surface area contributed by atoms with Crippen molar-refractivity contribution < 1.29 is 13.2 Å². The van der Waals surface area contributed by atoms with Crippen molar-refractivity contribution in [3.8, 4) is 11.3 Å². The van der Waals surface area contributed by atoms with Crippen molar-refractivity contribution in [2.24, 2.45) is 0 Å². The lowest BCUT2D eigenvalue weighted by Gasteiger charge is -2.10. The summed E-state index contributed by atoms with van der Waals surface area (Å²) in [5, 5.41) is 0. The number of halogens is 3. The third-order valence-corrected chi connectivity index (χ3v) is 2.57. The maximum Gasteiger partial charge on any atom is 0.433 e. The van der Waals surface area contributed by atoms with Gasteiger partial charge in [0.1, 0.15) is 5.69 Å². The molecule has 5 heteroatoms. The first-order valence-electron chi connectivity index (χ1n) is 5.36. The third-order valence-electron chi connectivity index (χ3n) is 2.57. The standard InChI is InChI=1S/C13H11F3N2/c1-8-5-6-17-11(7-8)10-3-4-12(13(14,15)16)18-9(10)2/h3-7H,1-2H3. The molecule has 2 aromatic heterocycles. The molecule has 0 aliphatic heterocycles. The summed E-state index contributed by atoms with van der Waals surface area (Å²) < 4.78 is 37.5. The van der Waals surface area contributed by atoms with Gasteiger partial charge in [0, 0.05) is 17.5 Å². The molecule has 0 spiro atoms. The fourth-order valence-corrected chi connectivity index (χ4v) is 1.67. The number of aromatic nitrogens is 2. The second kappa shape index (κ2) is 4.40. The van der Waals surface area contributed by atoms with Crippen LogP contribution in [0, 0.1) is 13.8 Å². The topological polar surface area (TPSA) is 25.8 Å². The van der Waals surface area contributed by atoms with E-state index in [-0.39, 0.29) is 0 Å². The molecule has 0 unspecified atom stereocenters. The molecular weight excluding hydrogens is 241 g/mol. The second-order valence-electron chi connectivity index (χ2n) is 4.05. The van der Waals surface area contributed by atoms with Crippen LogP contribution >= 0.6 is 0 Å². The van der Waals surface area contributed by atoms with E-state index in [1.807, 2.05) is 19.1 Å². The van der Waals surface area contributed by atoms with Crippen molar-refractivity contribution in [3.63, 3.8) is 0 Å². The van der Waals surface area contributed by atoms with Crippen LogP contribution in [0.25, 0.3) is 11.3 Å². The van der Waals surface area contributed by atoms with Crippen molar-refractivity contribution in [2.75, 3.05) is 0 Å². The summed E-state index contributed by atoms with van der Waals surface area (Å²) in [6.07, 6.45) is -2.79. The van der Waals surface area contributed by atoms with E-state index in [1.165, 1.54) is 6.07 Å². The third kappa shape index (κ3) is 2.50. The SMILES string of the molecule is Cc1ccnc(-c2ccc(C(F)(F)F)nc2C)c1. The molecule has 0 aliphatic carbocycles. The molecule has 2 aromatic rings. The van der Waals surface area contributed by atoms with Gasteiger partial charge in [-0.2, -0.15) is 13.2 Å². The lowest BCUT2D eigenvalue weighted by Crippen LogP contribution is -2.09. The number of rotatable bonds is 1. The average molecular weight is 252 g/mol. The lowest BCUT2D eigenvalue weighted by atomic mass is 10.1. The molecule has 0 radical (unpaired) electrons. The van der Waals surface area contributed by atoms with Crippen molar-refractivity contribution in [1.82, 2.24) is 9.97 Å². The summed E-state index contributed by atoms with van der Waals surface area (Å²) in [5.74, 6) is 0. The van der Waals surface area contributed by atoms with Crippen molar-refractivity contribution in [2.45, 2.75) is 20.0 Å². The average Bonchev–Trinajstić information content (AvgIpc) is 2.27.